The minimum absolute atomic E-state index is 0.0998. The van der Waals surface area contributed by atoms with Gasteiger partial charge < -0.3 is 19.5 Å². The van der Waals surface area contributed by atoms with Crippen molar-refractivity contribution in [1.82, 2.24) is 15.1 Å². The van der Waals surface area contributed by atoms with Gasteiger partial charge in [0.15, 0.2) is 5.76 Å². The van der Waals surface area contributed by atoms with Gasteiger partial charge in [-0.25, -0.2) is 8.42 Å². The number of carbonyl (C=O) groups excluding carboxylic acids is 3. The molecule has 1 N–H and O–H groups in total. The number of hydrogen-bond acceptors (Lipinski definition) is 6. The summed E-state index contributed by atoms with van der Waals surface area (Å²) in [5.74, 6) is -1.98. The van der Waals surface area contributed by atoms with Gasteiger partial charge in [-0.1, -0.05) is 35.9 Å². The van der Waals surface area contributed by atoms with E-state index in [4.69, 9.17) is 16.0 Å². The minimum Gasteiger partial charge on any atom is -0.459 e. The van der Waals surface area contributed by atoms with Crippen molar-refractivity contribution in [1.29, 1.82) is 0 Å². The van der Waals surface area contributed by atoms with E-state index >= 15 is 0 Å². The summed E-state index contributed by atoms with van der Waals surface area (Å²) in [6.45, 7) is 0.591. The van der Waals surface area contributed by atoms with Crippen LogP contribution < -0.4 is 5.32 Å². The zero-order chi connectivity index (χ0) is 25.0. The molecule has 2 heterocycles. The molecule has 0 radical (unpaired) electrons. The first kappa shape index (κ1) is 24.5. The van der Waals surface area contributed by atoms with E-state index < -0.39 is 27.0 Å². The molecule has 0 saturated carbocycles. The number of benzene rings is 2. The van der Waals surface area contributed by atoms with Crippen LogP contribution in [0.1, 0.15) is 20.9 Å². The number of carbonyl (C=O) groups is 3. The predicted molar refractivity (Wildman–Crippen MR) is 128 cm³/mol. The second-order valence-corrected chi connectivity index (χ2v) is 10.3. The Balaban J connectivity index is 1.52. The number of amides is 3. The van der Waals surface area contributed by atoms with Crippen LogP contribution in [0.5, 0.6) is 0 Å². The van der Waals surface area contributed by atoms with Gasteiger partial charge >= 0.3 is 0 Å². The lowest BCUT2D eigenvalue weighted by Crippen LogP contribution is -2.57. The number of halogens is 1. The summed E-state index contributed by atoms with van der Waals surface area (Å²) in [5, 5.41) is 0.887. The summed E-state index contributed by atoms with van der Waals surface area (Å²) >= 11 is 5.98. The average Bonchev–Trinajstić information content (AvgIpc) is 3.42. The highest BCUT2D eigenvalue weighted by Crippen LogP contribution is 2.19. The Bertz CT molecular complexity index is 1320. The summed E-state index contributed by atoms with van der Waals surface area (Å²) in [5.41, 5.74) is 0.424. The van der Waals surface area contributed by atoms with Crippen LogP contribution in [0.4, 0.5) is 0 Å². The first-order valence-corrected chi connectivity index (χ1v) is 12.7. The highest BCUT2D eigenvalue weighted by Gasteiger charge is 2.40. The number of piperazine rings is 1. The first-order chi connectivity index (χ1) is 16.8. The minimum atomic E-state index is -4.27. The average molecular weight is 516 g/mol. The maximum absolute atomic E-state index is 13.4. The molecular weight excluding hydrogens is 494 g/mol. The number of nitrogens with zero attached hydrogens (tertiary/aromatic N) is 2. The lowest BCUT2D eigenvalue weighted by Gasteiger charge is -2.36. The van der Waals surface area contributed by atoms with E-state index in [0.29, 0.717) is 10.6 Å². The van der Waals surface area contributed by atoms with Crippen LogP contribution >= 0.6 is 11.6 Å². The van der Waals surface area contributed by atoms with Crippen LogP contribution in [0.25, 0.3) is 0 Å². The second-order valence-electron chi connectivity index (χ2n) is 7.82. The summed E-state index contributed by atoms with van der Waals surface area (Å²) < 4.78 is 31.7. The van der Waals surface area contributed by atoms with Crippen LogP contribution in [-0.2, 0) is 14.6 Å². The van der Waals surface area contributed by atoms with Crippen LogP contribution in [0, 0.1) is 0 Å². The van der Waals surface area contributed by atoms with Crippen molar-refractivity contribution in [3.63, 3.8) is 0 Å². The molecule has 0 unspecified atom stereocenters. The number of hydrogen-bond donors (Lipinski definition) is 1. The lowest BCUT2D eigenvalue weighted by atomic mass is 10.2. The Morgan fingerprint density at radius 2 is 1.57 bits per heavy atom. The lowest BCUT2D eigenvalue weighted by molar-refractivity contribution is -0.132. The Kier molecular flexibility index (Phi) is 7.23. The Labute approximate surface area is 207 Å². The van der Waals surface area contributed by atoms with Gasteiger partial charge in [-0.15, -0.1) is 0 Å². The molecule has 1 aromatic heterocycles. The molecule has 3 amide bonds. The maximum Gasteiger partial charge on any atom is 0.288 e. The zero-order valence-electron chi connectivity index (χ0n) is 18.5. The molecule has 1 aliphatic heterocycles. The molecule has 1 saturated heterocycles. The quantitative estimate of drug-likeness (QED) is 0.539. The third kappa shape index (κ3) is 5.39. The van der Waals surface area contributed by atoms with Crippen molar-refractivity contribution in [2.75, 3.05) is 26.2 Å². The summed E-state index contributed by atoms with van der Waals surface area (Å²) in [4.78, 5) is 41.6. The van der Waals surface area contributed by atoms with E-state index in [0.717, 1.165) is 0 Å². The van der Waals surface area contributed by atoms with Gasteiger partial charge in [0.05, 0.1) is 11.2 Å². The third-order valence-electron chi connectivity index (χ3n) is 5.56. The van der Waals surface area contributed by atoms with Gasteiger partial charge in [0.25, 0.3) is 17.7 Å². The Morgan fingerprint density at radius 3 is 2.20 bits per heavy atom. The largest absolute Gasteiger partial charge is 0.459 e. The van der Waals surface area contributed by atoms with Crippen LogP contribution in [0.3, 0.4) is 0 Å². The first-order valence-electron chi connectivity index (χ1n) is 10.7. The van der Waals surface area contributed by atoms with Crippen LogP contribution in [-0.4, -0.2) is 67.5 Å². The molecule has 2 aromatic carbocycles. The van der Waals surface area contributed by atoms with E-state index in [1.165, 1.54) is 47.6 Å². The molecule has 4 rings (SSSR count). The van der Waals surface area contributed by atoms with Crippen molar-refractivity contribution < 1.29 is 27.2 Å². The highest BCUT2D eigenvalue weighted by molar-refractivity contribution is 7.92. The third-order valence-corrected chi connectivity index (χ3v) is 7.67. The zero-order valence-corrected chi connectivity index (χ0v) is 20.0. The number of nitrogens with one attached hydrogen (secondary N) is 1. The highest BCUT2D eigenvalue weighted by atomic mass is 35.5. The summed E-state index contributed by atoms with van der Waals surface area (Å²) in [6, 6.07) is 16.8. The van der Waals surface area contributed by atoms with Crippen LogP contribution in [0.15, 0.2) is 82.3 Å². The van der Waals surface area contributed by atoms with E-state index in [9.17, 15) is 22.8 Å². The maximum atomic E-state index is 13.4. The van der Waals surface area contributed by atoms with Crippen molar-refractivity contribution in [2.24, 2.45) is 0 Å². The molecule has 1 aliphatic rings. The van der Waals surface area contributed by atoms with Gasteiger partial charge in [-0.3, -0.25) is 14.4 Å². The fourth-order valence-corrected chi connectivity index (χ4v) is 5.39. The van der Waals surface area contributed by atoms with Crippen molar-refractivity contribution >= 4 is 39.2 Å². The SMILES string of the molecule is O=C(N[C@H](C(=O)N1CCN(C(=O)c2cccc(Cl)c2)CC1)S(=O)(=O)c1ccccc1)c1ccco1. The van der Waals surface area contributed by atoms with E-state index in [-0.39, 0.29) is 42.7 Å². The van der Waals surface area contributed by atoms with E-state index in [1.54, 1.807) is 35.2 Å². The predicted octanol–water partition coefficient (Wildman–Crippen LogP) is 2.45. The molecule has 1 fully saturated rings. The number of rotatable bonds is 6. The van der Waals surface area contributed by atoms with Gasteiger partial charge in [0.2, 0.25) is 15.2 Å². The smallest absolute Gasteiger partial charge is 0.288 e. The van der Waals surface area contributed by atoms with E-state index in [1.807, 2.05) is 0 Å². The molecule has 3 aromatic rings. The molecule has 1 atom stereocenters. The van der Waals surface area contributed by atoms with Crippen molar-refractivity contribution in [3.05, 3.63) is 89.3 Å². The van der Waals surface area contributed by atoms with Crippen molar-refractivity contribution in [3.8, 4) is 0 Å². The standard InChI is InChI=1S/C24H22ClN3O6S/c25-18-7-4-6-17(16-18)23(30)27-11-13-28(14-12-27)24(31)22(26-21(29)20-10-5-15-34-20)35(32,33)19-8-2-1-3-9-19/h1-10,15-16,22H,11-14H2,(H,26,29)/t22-/m0/s1. The van der Waals surface area contributed by atoms with Crippen LogP contribution in [0.2, 0.25) is 5.02 Å². The Hall–Kier alpha value is -3.63. The fourth-order valence-electron chi connectivity index (χ4n) is 3.72. The van der Waals surface area contributed by atoms with Gasteiger partial charge in [0, 0.05) is 36.8 Å². The molecule has 0 aliphatic carbocycles. The molecular formula is C24H22ClN3O6S. The van der Waals surface area contributed by atoms with Gasteiger partial charge in [-0.05, 0) is 42.5 Å². The number of sulfone groups is 1. The monoisotopic (exact) mass is 515 g/mol. The summed E-state index contributed by atoms with van der Waals surface area (Å²) in [6.07, 6.45) is 1.27. The van der Waals surface area contributed by atoms with E-state index in [2.05, 4.69) is 5.32 Å². The molecule has 0 bridgehead atoms. The molecule has 35 heavy (non-hydrogen) atoms. The number of furan rings is 1. The summed E-state index contributed by atoms with van der Waals surface area (Å²) in [7, 11) is -4.27. The normalized spacial score (nSPS) is 14.9. The van der Waals surface area contributed by atoms with Gasteiger partial charge in [0.1, 0.15) is 0 Å². The molecule has 11 heteroatoms. The topological polar surface area (TPSA) is 117 Å². The second kappa shape index (κ2) is 10.3. The fraction of sp³-hybridized carbons (Fsp3) is 0.208. The molecule has 182 valence electrons. The molecule has 9 nitrogen and oxygen atoms in total. The molecule has 0 spiro atoms. The van der Waals surface area contributed by atoms with Crippen molar-refractivity contribution in [2.45, 2.75) is 10.3 Å². The van der Waals surface area contributed by atoms with Gasteiger partial charge in [-0.2, -0.15) is 0 Å². The Morgan fingerprint density at radius 1 is 0.886 bits per heavy atom.